The van der Waals surface area contributed by atoms with Crippen molar-refractivity contribution in [3.05, 3.63) is 35.9 Å². The number of nitriles is 1. The molecule has 100 valence electrons. The van der Waals surface area contributed by atoms with Gasteiger partial charge in [-0.2, -0.15) is 5.26 Å². The van der Waals surface area contributed by atoms with Crippen molar-refractivity contribution in [1.82, 2.24) is 5.32 Å². The van der Waals surface area contributed by atoms with Crippen LogP contribution in [0.2, 0.25) is 0 Å². The lowest BCUT2D eigenvalue weighted by Crippen LogP contribution is -2.56. The summed E-state index contributed by atoms with van der Waals surface area (Å²) in [7, 11) is 0. The van der Waals surface area contributed by atoms with Gasteiger partial charge in [-0.25, -0.2) is 0 Å². The van der Waals surface area contributed by atoms with Crippen molar-refractivity contribution >= 4 is 0 Å². The van der Waals surface area contributed by atoms with Crippen LogP contribution in [0.15, 0.2) is 30.3 Å². The van der Waals surface area contributed by atoms with Gasteiger partial charge in [0.2, 0.25) is 0 Å². The minimum atomic E-state index is -0.475. The predicted octanol–water partition coefficient (Wildman–Crippen LogP) is 2.11. The third kappa shape index (κ3) is 2.27. The molecular formula is C16H20N2O. The summed E-state index contributed by atoms with van der Waals surface area (Å²) in [5.41, 5.74) is 0.330. The Morgan fingerprint density at radius 1 is 1.26 bits per heavy atom. The van der Waals surface area contributed by atoms with Gasteiger partial charge >= 0.3 is 0 Å². The summed E-state index contributed by atoms with van der Waals surface area (Å²) in [5, 5.41) is 22.9. The maximum absolute atomic E-state index is 10.1. The van der Waals surface area contributed by atoms with E-state index in [2.05, 4.69) is 11.4 Å². The number of nitrogens with one attached hydrogen (secondary N) is 1. The summed E-state index contributed by atoms with van der Waals surface area (Å²) in [5.74, 6) is 0. The Hall–Kier alpha value is -1.37. The number of benzene rings is 1. The van der Waals surface area contributed by atoms with Gasteiger partial charge in [0.15, 0.2) is 0 Å². The fourth-order valence-electron chi connectivity index (χ4n) is 3.17. The van der Waals surface area contributed by atoms with Crippen LogP contribution in [0.5, 0.6) is 0 Å². The lowest BCUT2D eigenvalue weighted by Gasteiger charge is -2.46. The van der Waals surface area contributed by atoms with E-state index in [1.165, 1.54) is 0 Å². The highest BCUT2D eigenvalue weighted by Gasteiger charge is 2.46. The van der Waals surface area contributed by atoms with Crippen molar-refractivity contribution in [1.29, 1.82) is 5.26 Å². The minimum absolute atomic E-state index is 0.318. The van der Waals surface area contributed by atoms with Crippen LogP contribution in [0.3, 0.4) is 0 Å². The lowest BCUT2D eigenvalue weighted by molar-refractivity contribution is -0.0364. The van der Waals surface area contributed by atoms with E-state index in [-0.39, 0.29) is 5.41 Å². The van der Waals surface area contributed by atoms with Crippen LogP contribution in [0.1, 0.15) is 37.7 Å². The van der Waals surface area contributed by atoms with Gasteiger partial charge in [0, 0.05) is 12.6 Å². The molecule has 2 N–H and O–H groups in total. The molecule has 0 spiro atoms. The van der Waals surface area contributed by atoms with Crippen molar-refractivity contribution in [2.75, 3.05) is 6.54 Å². The predicted molar refractivity (Wildman–Crippen MR) is 73.6 cm³/mol. The molecule has 0 amide bonds. The fraction of sp³-hybridized carbons (Fsp3) is 0.562. The first-order chi connectivity index (χ1) is 9.16. The van der Waals surface area contributed by atoms with Crippen molar-refractivity contribution in [2.45, 2.75) is 49.2 Å². The monoisotopic (exact) mass is 256 g/mol. The summed E-state index contributed by atoms with van der Waals surface area (Å²) in [6.45, 7) is 0.675. The topological polar surface area (TPSA) is 56.0 Å². The molecule has 0 unspecified atom stereocenters. The summed E-state index contributed by atoms with van der Waals surface area (Å²) in [6, 6.07) is 12.9. The SMILES string of the molecule is N#CC1(c2ccccc2)CC(NCC2(O)CCC2)C1. The Balaban J connectivity index is 1.57. The average molecular weight is 256 g/mol. The van der Waals surface area contributed by atoms with E-state index in [0.29, 0.717) is 12.6 Å². The van der Waals surface area contributed by atoms with Crippen LogP contribution in [0.4, 0.5) is 0 Å². The molecule has 2 fully saturated rings. The standard InChI is InChI=1S/C16H20N2O/c17-11-15(13-5-2-1-3-6-13)9-14(10-15)18-12-16(19)7-4-8-16/h1-3,5-6,14,18-19H,4,7-10,12H2. The number of hydrogen-bond donors (Lipinski definition) is 2. The maximum atomic E-state index is 10.1. The first-order valence-electron chi connectivity index (χ1n) is 7.08. The van der Waals surface area contributed by atoms with E-state index in [1.54, 1.807) is 0 Å². The van der Waals surface area contributed by atoms with Crippen LogP contribution in [-0.2, 0) is 5.41 Å². The van der Waals surface area contributed by atoms with Crippen molar-refractivity contribution in [3.63, 3.8) is 0 Å². The van der Waals surface area contributed by atoms with E-state index in [0.717, 1.165) is 37.7 Å². The molecule has 1 aromatic rings. The quantitative estimate of drug-likeness (QED) is 0.867. The van der Waals surface area contributed by atoms with Gasteiger partial charge in [0.05, 0.1) is 17.1 Å². The molecule has 2 aliphatic carbocycles. The Bertz CT molecular complexity index is 481. The van der Waals surface area contributed by atoms with Gasteiger partial charge in [-0.05, 0) is 37.7 Å². The molecule has 0 heterocycles. The second-order valence-corrected chi connectivity index (χ2v) is 6.12. The molecule has 3 rings (SSSR count). The molecule has 2 saturated carbocycles. The molecular weight excluding hydrogens is 236 g/mol. The van der Waals surface area contributed by atoms with Crippen LogP contribution in [0.25, 0.3) is 0 Å². The molecule has 0 bridgehead atoms. The lowest BCUT2D eigenvalue weighted by atomic mass is 9.62. The van der Waals surface area contributed by atoms with Crippen molar-refractivity contribution < 1.29 is 5.11 Å². The molecule has 1 aromatic carbocycles. The Kier molecular flexibility index (Phi) is 3.08. The van der Waals surface area contributed by atoms with Crippen LogP contribution in [-0.4, -0.2) is 23.3 Å². The third-order valence-corrected chi connectivity index (χ3v) is 4.73. The van der Waals surface area contributed by atoms with Gasteiger partial charge in [-0.3, -0.25) is 0 Å². The van der Waals surface area contributed by atoms with Crippen molar-refractivity contribution in [2.24, 2.45) is 0 Å². The molecule has 0 aliphatic heterocycles. The zero-order valence-electron chi connectivity index (χ0n) is 11.1. The molecule has 3 heteroatoms. The first-order valence-corrected chi connectivity index (χ1v) is 7.08. The Labute approximate surface area is 114 Å². The second kappa shape index (κ2) is 4.63. The van der Waals surface area contributed by atoms with Crippen LogP contribution in [0, 0.1) is 11.3 Å². The highest BCUT2D eigenvalue weighted by Crippen LogP contribution is 2.43. The van der Waals surface area contributed by atoms with E-state index in [9.17, 15) is 10.4 Å². The molecule has 19 heavy (non-hydrogen) atoms. The Morgan fingerprint density at radius 2 is 1.95 bits per heavy atom. The number of nitrogens with zero attached hydrogens (tertiary/aromatic N) is 1. The second-order valence-electron chi connectivity index (χ2n) is 6.12. The van der Waals surface area contributed by atoms with Crippen LogP contribution < -0.4 is 5.32 Å². The normalized spacial score (nSPS) is 31.9. The first kappa shape index (κ1) is 12.7. The fourth-order valence-corrected chi connectivity index (χ4v) is 3.17. The number of rotatable bonds is 4. The van der Waals surface area contributed by atoms with Gasteiger partial charge in [-0.1, -0.05) is 30.3 Å². The molecule has 2 aliphatic rings. The van der Waals surface area contributed by atoms with Crippen LogP contribution >= 0.6 is 0 Å². The van der Waals surface area contributed by atoms with E-state index >= 15 is 0 Å². The van der Waals surface area contributed by atoms with Gasteiger partial charge < -0.3 is 10.4 Å². The van der Waals surface area contributed by atoms with Gasteiger partial charge in [0.25, 0.3) is 0 Å². The summed E-state index contributed by atoms with van der Waals surface area (Å²) < 4.78 is 0. The maximum Gasteiger partial charge on any atom is 0.0852 e. The highest BCUT2D eigenvalue weighted by molar-refractivity contribution is 5.36. The summed E-state index contributed by atoms with van der Waals surface area (Å²) >= 11 is 0. The molecule has 0 aromatic heterocycles. The number of aliphatic hydroxyl groups is 1. The zero-order valence-corrected chi connectivity index (χ0v) is 11.1. The van der Waals surface area contributed by atoms with Gasteiger partial charge in [0.1, 0.15) is 0 Å². The smallest absolute Gasteiger partial charge is 0.0852 e. The zero-order chi connectivity index (χ0) is 13.3. The third-order valence-electron chi connectivity index (χ3n) is 4.73. The van der Waals surface area contributed by atoms with E-state index in [4.69, 9.17) is 0 Å². The van der Waals surface area contributed by atoms with Gasteiger partial charge in [-0.15, -0.1) is 0 Å². The average Bonchev–Trinajstić information content (AvgIpc) is 2.37. The molecule has 0 radical (unpaired) electrons. The summed E-state index contributed by atoms with van der Waals surface area (Å²) in [6.07, 6.45) is 4.66. The van der Waals surface area contributed by atoms with E-state index in [1.807, 2.05) is 30.3 Å². The molecule has 3 nitrogen and oxygen atoms in total. The van der Waals surface area contributed by atoms with E-state index < -0.39 is 5.60 Å². The molecule has 0 atom stereocenters. The minimum Gasteiger partial charge on any atom is -0.389 e. The molecule has 0 saturated heterocycles. The largest absolute Gasteiger partial charge is 0.389 e. The van der Waals surface area contributed by atoms with Crippen molar-refractivity contribution in [3.8, 4) is 6.07 Å². The Morgan fingerprint density at radius 3 is 2.47 bits per heavy atom. The number of hydrogen-bond acceptors (Lipinski definition) is 3. The highest BCUT2D eigenvalue weighted by atomic mass is 16.3. The summed E-state index contributed by atoms with van der Waals surface area (Å²) in [4.78, 5) is 0.